The van der Waals surface area contributed by atoms with Crippen LogP contribution in [0, 0.1) is 16.4 Å². The molecule has 1 saturated heterocycles. The maximum Gasteiger partial charge on any atom is 0.132 e. The van der Waals surface area contributed by atoms with Crippen molar-refractivity contribution < 1.29 is 0 Å². The van der Waals surface area contributed by atoms with E-state index in [1.54, 1.807) is 0 Å². The molecule has 2 aromatic heterocycles. The highest BCUT2D eigenvalue weighted by Gasteiger charge is 2.32. The van der Waals surface area contributed by atoms with Crippen molar-refractivity contribution in [3.8, 4) is 0 Å². The molecule has 1 aliphatic rings. The molecule has 0 saturated carbocycles. The third-order valence-electron chi connectivity index (χ3n) is 4.32. The number of pyridine rings is 1. The van der Waals surface area contributed by atoms with Gasteiger partial charge in [-0.05, 0) is 48.3 Å². The van der Waals surface area contributed by atoms with Crippen LogP contribution in [0.3, 0.4) is 0 Å². The van der Waals surface area contributed by atoms with Crippen LogP contribution in [0.25, 0.3) is 0 Å². The quantitative estimate of drug-likeness (QED) is 0.544. The highest BCUT2D eigenvalue weighted by Crippen LogP contribution is 2.40. The Kier molecular flexibility index (Phi) is 5.62. The lowest BCUT2D eigenvalue weighted by molar-refractivity contribution is 0.481. The first-order chi connectivity index (χ1) is 11.4. The maximum absolute atomic E-state index is 6.69. The Balaban J connectivity index is 1.96. The predicted molar refractivity (Wildman–Crippen MR) is 108 cm³/mol. The molecule has 1 unspecified atom stereocenters. The molecular weight excluding hydrogens is 458 g/mol. The zero-order valence-corrected chi connectivity index (χ0v) is 17.7. The van der Waals surface area contributed by atoms with Crippen LogP contribution in [0.5, 0.6) is 0 Å². The zero-order valence-electron chi connectivity index (χ0n) is 14.1. The Morgan fingerprint density at radius 1 is 1.38 bits per heavy atom. The molecule has 1 atom stereocenters. The topological polar surface area (TPSA) is 34.0 Å². The van der Waals surface area contributed by atoms with Crippen LogP contribution < -0.4 is 4.90 Å². The van der Waals surface area contributed by atoms with Crippen LogP contribution in [-0.2, 0) is 6.54 Å². The molecule has 2 aromatic rings. The van der Waals surface area contributed by atoms with Crippen molar-refractivity contribution in [3.05, 3.63) is 37.3 Å². The van der Waals surface area contributed by atoms with E-state index in [1.165, 1.54) is 0 Å². The van der Waals surface area contributed by atoms with E-state index >= 15 is 0 Å². The minimum atomic E-state index is 0.210. The molecule has 0 bridgehead atoms. The molecule has 4 nitrogen and oxygen atoms in total. The summed E-state index contributed by atoms with van der Waals surface area (Å²) in [5.41, 5.74) is 2.14. The van der Waals surface area contributed by atoms with Gasteiger partial charge in [-0.2, -0.15) is 5.10 Å². The lowest BCUT2D eigenvalue weighted by Gasteiger charge is -2.26. The number of halogens is 3. The number of rotatable bonds is 4. The van der Waals surface area contributed by atoms with E-state index in [0.29, 0.717) is 5.92 Å². The first kappa shape index (κ1) is 18.3. The molecule has 0 radical (unpaired) electrons. The second kappa shape index (κ2) is 7.38. The Morgan fingerprint density at radius 2 is 2.12 bits per heavy atom. The number of hydrogen-bond acceptors (Lipinski definition) is 3. The normalized spacial score (nSPS) is 18.0. The fourth-order valence-corrected chi connectivity index (χ4v) is 4.13. The number of nitrogens with zero attached hydrogens (tertiary/aromatic N) is 4. The fourth-order valence-electron chi connectivity index (χ4n) is 3.31. The largest absolute Gasteiger partial charge is 0.349 e. The average Bonchev–Trinajstić information content (AvgIpc) is 3.07. The van der Waals surface area contributed by atoms with Crippen molar-refractivity contribution in [1.82, 2.24) is 14.8 Å². The first-order valence-electron chi connectivity index (χ1n) is 8.19. The molecule has 0 aliphatic carbocycles. The van der Waals surface area contributed by atoms with Crippen LogP contribution in [0.15, 0.2) is 12.3 Å². The van der Waals surface area contributed by atoms with Gasteiger partial charge in [-0.1, -0.05) is 37.0 Å². The zero-order chi connectivity index (χ0) is 17.4. The van der Waals surface area contributed by atoms with Crippen molar-refractivity contribution >= 4 is 51.6 Å². The van der Waals surface area contributed by atoms with Crippen molar-refractivity contribution in [2.75, 3.05) is 11.4 Å². The summed E-state index contributed by atoms with van der Waals surface area (Å²) in [6.07, 6.45) is 3.99. The summed E-state index contributed by atoms with van der Waals surface area (Å²) in [6.45, 7) is 8.18. The van der Waals surface area contributed by atoms with E-state index in [1.807, 2.05) is 23.9 Å². The molecule has 24 heavy (non-hydrogen) atoms. The maximum atomic E-state index is 6.69. The van der Waals surface area contributed by atoms with Gasteiger partial charge in [0.25, 0.3) is 0 Å². The van der Waals surface area contributed by atoms with Gasteiger partial charge in [0.15, 0.2) is 0 Å². The van der Waals surface area contributed by atoms with Gasteiger partial charge in [-0.25, -0.2) is 4.98 Å². The number of anilines is 1. The van der Waals surface area contributed by atoms with Crippen molar-refractivity contribution in [1.29, 1.82) is 0 Å². The fraction of sp³-hybridized carbons (Fsp3) is 0.529. The molecule has 0 aromatic carbocycles. The SMILES string of the molecule is Cc1nn(CC(C)C)c(Cl)c1C1CCCN1c1cc(Cl)c(I)cn1. The summed E-state index contributed by atoms with van der Waals surface area (Å²) in [6, 6.07) is 2.16. The van der Waals surface area contributed by atoms with Gasteiger partial charge in [0, 0.05) is 30.9 Å². The number of aromatic nitrogens is 3. The molecule has 1 aliphatic heterocycles. The van der Waals surface area contributed by atoms with Crippen molar-refractivity contribution in [3.63, 3.8) is 0 Å². The van der Waals surface area contributed by atoms with E-state index in [9.17, 15) is 0 Å². The van der Waals surface area contributed by atoms with E-state index in [4.69, 9.17) is 23.2 Å². The molecule has 3 heterocycles. The molecule has 3 rings (SSSR count). The number of aryl methyl sites for hydroxylation is 1. The van der Waals surface area contributed by atoms with E-state index in [-0.39, 0.29) is 6.04 Å². The molecule has 0 N–H and O–H groups in total. The van der Waals surface area contributed by atoms with Gasteiger partial charge < -0.3 is 4.90 Å². The summed E-state index contributed by atoms with van der Waals surface area (Å²) in [5.74, 6) is 1.42. The molecule has 0 amide bonds. The lowest BCUT2D eigenvalue weighted by atomic mass is 10.1. The summed E-state index contributed by atoms with van der Waals surface area (Å²) in [7, 11) is 0. The van der Waals surface area contributed by atoms with E-state index in [0.717, 1.165) is 56.8 Å². The van der Waals surface area contributed by atoms with Crippen LogP contribution >= 0.6 is 45.8 Å². The summed E-state index contributed by atoms with van der Waals surface area (Å²) < 4.78 is 2.90. The highest BCUT2D eigenvalue weighted by molar-refractivity contribution is 14.1. The summed E-state index contributed by atoms with van der Waals surface area (Å²) in [5, 5.41) is 6.16. The smallest absolute Gasteiger partial charge is 0.132 e. The Morgan fingerprint density at radius 3 is 2.79 bits per heavy atom. The summed E-state index contributed by atoms with van der Waals surface area (Å²) >= 11 is 15.2. The first-order valence-corrected chi connectivity index (χ1v) is 10.0. The van der Waals surface area contributed by atoms with Crippen molar-refractivity contribution in [2.24, 2.45) is 5.92 Å². The van der Waals surface area contributed by atoms with Gasteiger partial charge in [0.1, 0.15) is 11.0 Å². The standard InChI is InChI=1S/C17H21Cl2IN4/c1-10(2)9-24-17(19)16(11(3)22-24)14-5-4-6-23(14)15-7-12(18)13(20)8-21-15/h7-8,10,14H,4-6,9H2,1-3H3. The second-order valence-corrected chi connectivity index (χ2v) is 8.60. The van der Waals surface area contributed by atoms with Gasteiger partial charge in [-0.15, -0.1) is 0 Å². The van der Waals surface area contributed by atoms with E-state index < -0.39 is 0 Å². The predicted octanol–water partition coefficient (Wildman–Crippen LogP) is 5.50. The average molecular weight is 479 g/mol. The van der Waals surface area contributed by atoms with Gasteiger partial charge in [-0.3, -0.25) is 4.68 Å². The Labute approximate surface area is 166 Å². The molecule has 0 spiro atoms. The molecule has 1 fully saturated rings. The third-order valence-corrected chi connectivity index (χ3v) is 6.21. The minimum absolute atomic E-state index is 0.210. The van der Waals surface area contributed by atoms with Gasteiger partial charge in [0.05, 0.1) is 20.3 Å². The molecule has 130 valence electrons. The van der Waals surface area contributed by atoms with Crippen LogP contribution in [0.4, 0.5) is 5.82 Å². The van der Waals surface area contributed by atoms with Crippen LogP contribution in [0.2, 0.25) is 10.2 Å². The monoisotopic (exact) mass is 478 g/mol. The van der Waals surface area contributed by atoms with Crippen LogP contribution in [0.1, 0.15) is 44.0 Å². The third kappa shape index (κ3) is 3.53. The Bertz CT molecular complexity index is 744. The van der Waals surface area contributed by atoms with Crippen molar-refractivity contribution in [2.45, 2.75) is 46.2 Å². The molecule has 7 heteroatoms. The van der Waals surface area contributed by atoms with Crippen LogP contribution in [-0.4, -0.2) is 21.3 Å². The Hall–Kier alpha value is -0.530. The second-order valence-electron chi connectivity index (χ2n) is 6.67. The van der Waals surface area contributed by atoms with Gasteiger partial charge >= 0.3 is 0 Å². The summed E-state index contributed by atoms with van der Waals surface area (Å²) in [4.78, 5) is 6.88. The lowest BCUT2D eigenvalue weighted by Crippen LogP contribution is -2.24. The minimum Gasteiger partial charge on any atom is -0.349 e. The highest BCUT2D eigenvalue weighted by atomic mass is 127. The van der Waals surface area contributed by atoms with Gasteiger partial charge in [0.2, 0.25) is 0 Å². The number of hydrogen-bond donors (Lipinski definition) is 0. The van der Waals surface area contributed by atoms with E-state index in [2.05, 4.69) is 51.4 Å². The molecular formula is C17H21Cl2IN4.